The quantitative estimate of drug-likeness (QED) is 0.474. The number of rotatable bonds is 9. The largest absolute Gasteiger partial charge is 0.384 e. The van der Waals surface area contributed by atoms with Gasteiger partial charge in [-0.3, -0.25) is 9.59 Å². The predicted octanol–water partition coefficient (Wildman–Crippen LogP) is 2.42. The van der Waals surface area contributed by atoms with Crippen molar-refractivity contribution in [2.24, 2.45) is 5.92 Å². The molecule has 0 spiro atoms. The third kappa shape index (κ3) is 4.88. The van der Waals surface area contributed by atoms with Crippen molar-refractivity contribution in [1.29, 1.82) is 0 Å². The number of hydrogen-bond acceptors (Lipinski definition) is 4. The first-order valence-corrected chi connectivity index (χ1v) is 9.31. The predicted molar refractivity (Wildman–Crippen MR) is 95.0 cm³/mol. The molecular formula is C18H24BrNO4. The van der Waals surface area contributed by atoms with Crippen molar-refractivity contribution >= 4 is 28.1 Å². The van der Waals surface area contributed by atoms with E-state index >= 15 is 0 Å². The van der Waals surface area contributed by atoms with Crippen LogP contribution >= 0.6 is 15.9 Å². The molecule has 5 nitrogen and oxygen atoms in total. The normalized spacial score (nSPS) is 21.7. The second-order valence-corrected chi connectivity index (χ2v) is 6.73. The molecule has 1 saturated heterocycles. The summed E-state index contributed by atoms with van der Waals surface area (Å²) in [7, 11) is 1.59. The van der Waals surface area contributed by atoms with Gasteiger partial charge in [0.2, 0.25) is 5.91 Å². The summed E-state index contributed by atoms with van der Waals surface area (Å²) in [6.07, 6.45) is 2.18. The van der Waals surface area contributed by atoms with E-state index in [1.165, 1.54) is 0 Å². The molecule has 2 rings (SSSR count). The summed E-state index contributed by atoms with van der Waals surface area (Å²) >= 11 is 3.40. The fraction of sp³-hybridized carbons (Fsp3) is 0.556. The summed E-state index contributed by atoms with van der Waals surface area (Å²) in [6.45, 7) is 0.730. The van der Waals surface area contributed by atoms with Crippen LogP contribution < -0.4 is 0 Å². The van der Waals surface area contributed by atoms with E-state index in [4.69, 9.17) is 9.47 Å². The Balaban J connectivity index is 2.13. The molecule has 1 heterocycles. The highest BCUT2D eigenvalue weighted by molar-refractivity contribution is 9.09. The third-order valence-corrected chi connectivity index (χ3v) is 4.78. The van der Waals surface area contributed by atoms with Gasteiger partial charge in [-0.05, 0) is 24.8 Å². The third-order valence-electron chi connectivity index (χ3n) is 4.22. The number of nitrogens with zero attached hydrogens (tertiary/aromatic N) is 1. The van der Waals surface area contributed by atoms with Gasteiger partial charge in [0.15, 0.2) is 12.5 Å². The van der Waals surface area contributed by atoms with Gasteiger partial charge in [-0.25, -0.2) is 0 Å². The second-order valence-electron chi connectivity index (χ2n) is 5.93. The van der Waals surface area contributed by atoms with Gasteiger partial charge >= 0.3 is 0 Å². The topological polar surface area (TPSA) is 55.8 Å². The highest BCUT2D eigenvalue weighted by Crippen LogP contribution is 2.24. The molecule has 1 fully saturated rings. The van der Waals surface area contributed by atoms with Crippen molar-refractivity contribution < 1.29 is 19.1 Å². The molecule has 1 aliphatic rings. The lowest BCUT2D eigenvalue weighted by molar-refractivity contribution is -0.147. The van der Waals surface area contributed by atoms with E-state index in [0.717, 1.165) is 23.7 Å². The number of carbonyl (C=O) groups is 2. The number of alkyl halides is 1. The Morgan fingerprint density at radius 2 is 2.21 bits per heavy atom. The first kappa shape index (κ1) is 19.1. The number of aldehydes is 1. The number of halogens is 1. The maximum atomic E-state index is 13.0. The van der Waals surface area contributed by atoms with Crippen LogP contribution in [0.15, 0.2) is 30.3 Å². The average Bonchev–Trinajstić information content (AvgIpc) is 3.01. The van der Waals surface area contributed by atoms with E-state index in [9.17, 15) is 9.59 Å². The van der Waals surface area contributed by atoms with Crippen LogP contribution in [0, 0.1) is 5.92 Å². The van der Waals surface area contributed by atoms with Gasteiger partial charge in [0, 0.05) is 12.4 Å². The van der Waals surface area contributed by atoms with E-state index in [1.54, 1.807) is 12.0 Å². The Morgan fingerprint density at radius 3 is 2.83 bits per heavy atom. The van der Waals surface area contributed by atoms with Gasteiger partial charge in [0.1, 0.15) is 0 Å². The van der Waals surface area contributed by atoms with Crippen LogP contribution in [0.25, 0.3) is 0 Å². The molecule has 1 unspecified atom stereocenters. The van der Waals surface area contributed by atoms with E-state index in [1.807, 2.05) is 30.3 Å². The Bertz CT molecular complexity index is 525. The van der Waals surface area contributed by atoms with Gasteiger partial charge in [-0.2, -0.15) is 0 Å². The molecule has 0 bridgehead atoms. The summed E-state index contributed by atoms with van der Waals surface area (Å²) in [6, 6.07) is 9.82. The first-order chi connectivity index (χ1) is 11.7. The zero-order chi connectivity index (χ0) is 17.4. The lowest BCUT2D eigenvalue weighted by Crippen LogP contribution is -2.47. The van der Waals surface area contributed by atoms with Crippen LogP contribution in [0.4, 0.5) is 0 Å². The van der Waals surface area contributed by atoms with E-state index < -0.39 is 6.23 Å². The average molecular weight is 398 g/mol. The van der Waals surface area contributed by atoms with Crippen LogP contribution in [-0.4, -0.2) is 55.0 Å². The van der Waals surface area contributed by atoms with Crippen LogP contribution in [0.3, 0.4) is 0 Å². The zero-order valence-electron chi connectivity index (χ0n) is 13.9. The smallest absolute Gasteiger partial charge is 0.230 e. The molecule has 1 aromatic carbocycles. The SMILES string of the molecule is COC[C@@H](CCCBr)C(=O)N1C(C=O)OC[C@@H]1Cc1ccccc1. The van der Waals surface area contributed by atoms with E-state index in [2.05, 4.69) is 15.9 Å². The number of benzene rings is 1. The van der Waals surface area contributed by atoms with Crippen LogP contribution in [-0.2, 0) is 25.5 Å². The molecule has 1 aliphatic heterocycles. The highest BCUT2D eigenvalue weighted by atomic mass is 79.9. The van der Waals surface area contributed by atoms with Gasteiger partial charge in [-0.1, -0.05) is 46.3 Å². The van der Waals surface area contributed by atoms with E-state index in [0.29, 0.717) is 25.9 Å². The monoisotopic (exact) mass is 397 g/mol. The molecule has 132 valence electrons. The Labute approximate surface area is 151 Å². The second kappa shape index (κ2) is 9.91. The van der Waals surface area contributed by atoms with E-state index in [-0.39, 0.29) is 17.9 Å². The summed E-state index contributed by atoms with van der Waals surface area (Å²) < 4.78 is 10.8. The molecule has 0 aliphatic carbocycles. The molecule has 3 atom stereocenters. The number of methoxy groups -OCH3 is 1. The van der Waals surface area contributed by atoms with Gasteiger partial charge < -0.3 is 14.4 Å². The fourth-order valence-corrected chi connectivity index (χ4v) is 3.37. The van der Waals surface area contributed by atoms with Crippen molar-refractivity contribution in [2.75, 3.05) is 25.7 Å². The summed E-state index contributed by atoms with van der Waals surface area (Å²) in [5, 5.41) is 0.835. The lowest BCUT2D eigenvalue weighted by atomic mass is 10.00. The van der Waals surface area contributed by atoms with Gasteiger partial charge in [0.05, 0.1) is 25.2 Å². The summed E-state index contributed by atoms with van der Waals surface area (Å²) in [4.78, 5) is 26.0. The van der Waals surface area contributed by atoms with Crippen LogP contribution in [0.5, 0.6) is 0 Å². The number of ether oxygens (including phenoxy) is 2. The molecule has 24 heavy (non-hydrogen) atoms. The van der Waals surface area contributed by atoms with Crippen molar-refractivity contribution in [2.45, 2.75) is 31.5 Å². The summed E-state index contributed by atoms with van der Waals surface area (Å²) in [5.74, 6) is -0.316. The fourth-order valence-electron chi connectivity index (χ4n) is 3.05. The molecule has 0 aromatic heterocycles. The minimum atomic E-state index is -0.797. The Kier molecular flexibility index (Phi) is 7.88. The standard InChI is InChI=1S/C18H24BrNO4/c1-23-12-15(8-5-9-19)18(22)20-16(13-24-17(20)11-21)10-14-6-3-2-4-7-14/h2-4,6-7,11,15-17H,5,8-10,12-13H2,1H3/t15-,16+,17?/m1/s1. The number of amides is 1. The van der Waals surface area contributed by atoms with Crippen LogP contribution in [0.2, 0.25) is 0 Å². The Hall–Kier alpha value is -1.24. The van der Waals surface area contributed by atoms with Crippen molar-refractivity contribution in [3.8, 4) is 0 Å². The maximum absolute atomic E-state index is 13.0. The number of hydrogen-bond donors (Lipinski definition) is 0. The molecular weight excluding hydrogens is 374 g/mol. The molecule has 1 aromatic rings. The molecule has 0 saturated carbocycles. The van der Waals surface area contributed by atoms with Crippen molar-refractivity contribution in [3.05, 3.63) is 35.9 Å². The van der Waals surface area contributed by atoms with Crippen molar-refractivity contribution in [3.63, 3.8) is 0 Å². The Morgan fingerprint density at radius 1 is 1.46 bits per heavy atom. The van der Waals surface area contributed by atoms with Gasteiger partial charge in [0.25, 0.3) is 0 Å². The molecule has 1 amide bonds. The summed E-state index contributed by atoms with van der Waals surface area (Å²) in [5.41, 5.74) is 1.12. The zero-order valence-corrected chi connectivity index (χ0v) is 15.5. The molecule has 0 radical (unpaired) electrons. The minimum Gasteiger partial charge on any atom is -0.384 e. The van der Waals surface area contributed by atoms with Crippen molar-refractivity contribution in [1.82, 2.24) is 4.90 Å². The lowest BCUT2D eigenvalue weighted by Gasteiger charge is -2.29. The first-order valence-electron chi connectivity index (χ1n) is 8.19. The number of carbonyl (C=O) groups excluding carboxylic acids is 2. The molecule has 0 N–H and O–H groups in total. The molecule has 6 heteroatoms. The highest BCUT2D eigenvalue weighted by Gasteiger charge is 2.40. The maximum Gasteiger partial charge on any atom is 0.230 e. The van der Waals surface area contributed by atoms with Crippen LogP contribution in [0.1, 0.15) is 18.4 Å². The van der Waals surface area contributed by atoms with Gasteiger partial charge in [-0.15, -0.1) is 0 Å². The minimum absolute atomic E-state index is 0.0617.